The number of nitrogens with one attached hydrogen (secondary N) is 1. The lowest BCUT2D eigenvalue weighted by Crippen LogP contribution is -2.49. The first kappa shape index (κ1) is 15.1. The summed E-state index contributed by atoms with van der Waals surface area (Å²) >= 11 is 12.1. The summed E-state index contributed by atoms with van der Waals surface area (Å²) in [5.41, 5.74) is 0.505. The number of likely N-dealkylation sites (tertiary alicyclic amines) is 1. The predicted molar refractivity (Wildman–Crippen MR) is 85.2 cm³/mol. The summed E-state index contributed by atoms with van der Waals surface area (Å²) in [7, 11) is 0. The molecule has 0 bridgehead atoms. The van der Waals surface area contributed by atoms with Crippen LogP contribution in [0, 0.1) is 0 Å². The fourth-order valence-corrected chi connectivity index (χ4v) is 3.47. The molecule has 1 aromatic rings. The van der Waals surface area contributed by atoms with Crippen molar-refractivity contribution in [3.63, 3.8) is 0 Å². The normalized spacial score (nSPS) is 23.5. The molecule has 3 rings (SSSR count). The maximum atomic E-state index is 12.6. The zero-order valence-electron chi connectivity index (χ0n) is 11.8. The summed E-state index contributed by atoms with van der Waals surface area (Å²) in [5, 5.41) is 4.37. The van der Waals surface area contributed by atoms with E-state index in [9.17, 15) is 4.79 Å². The van der Waals surface area contributed by atoms with Crippen LogP contribution >= 0.6 is 23.2 Å². The molecule has 0 aliphatic carbocycles. The first-order chi connectivity index (χ1) is 10.1. The molecule has 2 aliphatic heterocycles. The number of hydrogen-bond donors (Lipinski definition) is 1. The van der Waals surface area contributed by atoms with E-state index in [1.807, 2.05) is 4.90 Å². The highest BCUT2D eigenvalue weighted by Gasteiger charge is 2.31. The van der Waals surface area contributed by atoms with E-state index in [0.717, 1.165) is 45.7 Å². The summed E-state index contributed by atoms with van der Waals surface area (Å²) in [6.07, 6.45) is 1.03. The zero-order valence-corrected chi connectivity index (χ0v) is 13.3. The second-order valence-electron chi connectivity index (χ2n) is 5.60. The van der Waals surface area contributed by atoms with Gasteiger partial charge >= 0.3 is 0 Å². The zero-order chi connectivity index (χ0) is 14.8. The Balaban J connectivity index is 1.67. The Bertz CT molecular complexity index is 532. The van der Waals surface area contributed by atoms with Gasteiger partial charge in [-0.2, -0.15) is 0 Å². The summed E-state index contributed by atoms with van der Waals surface area (Å²) in [5.74, 6) is -0.0138. The van der Waals surface area contributed by atoms with E-state index < -0.39 is 0 Å². The van der Waals surface area contributed by atoms with E-state index in [2.05, 4.69) is 10.2 Å². The Morgan fingerprint density at radius 3 is 2.71 bits per heavy atom. The lowest BCUT2D eigenvalue weighted by molar-refractivity contribution is 0.0773. The Kier molecular flexibility index (Phi) is 4.69. The molecule has 114 valence electrons. The van der Waals surface area contributed by atoms with E-state index in [4.69, 9.17) is 23.2 Å². The summed E-state index contributed by atoms with van der Waals surface area (Å²) in [6, 6.07) is 5.51. The molecule has 1 atom stereocenters. The van der Waals surface area contributed by atoms with E-state index in [1.54, 1.807) is 18.2 Å². The molecule has 1 aromatic carbocycles. The molecule has 6 heteroatoms. The molecular weight excluding hydrogens is 309 g/mol. The average Bonchev–Trinajstić information content (AvgIpc) is 3.00. The van der Waals surface area contributed by atoms with E-state index in [1.165, 1.54) is 0 Å². The summed E-state index contributed by atoms with van der Waals surface area (Å²) in [6.45, 7) is 5.75. The van der Waals surface area contributed by atoms with Gasteiger partial charge in [-0.3, -0.25) is 9.69 Å². The fraction of sp³-hybridized carbons (Fsp3) is 0.533. The molecule has 1 N–H and O–H groups in total. The third-order valence-electron chi connectivity index (χ3n) is 4.28. The number of carbonyl (C=O) groups excluding carboxylic acids is 1. The molecule has 2 heterocycles. The monoisotopic (exact) mass is 327 g/mol. The van der Waals surface area contributed by atoms with Crippen LogP contribution in [0.15, 0.2) is 18.2 Å². The number of hydrogen-bond acceptors (Lipinski definition) is 3. The maximum absolute atomic E-state index is 12.6. The van der Waals surface area contributed by atoms with Gasteiger partial charge in [0.2, 0.25) is 0 Å². The van der Waals surface area contributed by atoms with Gasteiger partial charge in [0.25, 0.3) is 5.91 Å². The quantitative estimate of drug-likeness (QED) is 0.903. The number of amides is 1. The van der Waals surface area contributed by atoms with Crippen LogP contribution in [0.5, 0.6) is 0 Å². The first-order valence-electron chi connectivity index (χ1n) is 7.34. The highest BCUT2D eigenvalue weighted by molar-refractivity contribution is 6.35. The summed E-state index contributed by atoms with van der Waals surface area (Å²) in [4.78, 5) is 17.0. The fourth-order valence-electron chi connectivity index (χ4n) is 3.10. The first-order valence-corrected chi connectivity index (χ1v) is 8.10. The molecule has 2 saturated heterocycles. The van der Waals surface area contributed by atoms with Crippen LogP contribution in [0.2, 0.25) is 10.0 Å². The number of carbonyl (C=O) groups is 1. The molecule has 1 unspecified atom stereocenters. The third kappa shape index (κ3) is 3.34. The Hall–Kier alpha value is -0.810. The third-order valence-corrected chi connectivity index (χ3v) is 4.84. The van der Waals surface area contributed by atoms with Crippen molar-refractivity contribution in [3.05, 3.63) is 33.8 Å². The smallest absolute Gasteiger partial charge is 0.255 e. The van der Waals surface area contributed by atoms with Gasteiger partial charge < -0.3 is 10.2 Å². The van der Waals surface area contributed by atoms with Gasteiger partial charge in [-0.1, -0.05) is 23.2 Å². The van der Waals surface area contributed by atoms with Crippen LogP contribution < -0.4 is 5.32 Å². The molecular formula is C15H19Cl2N3O. The predicted octanol–water partition coefficient (Wildman–Crippen LogP) is 2.11. The second-order valence-corrected chi connectivity index (χ2v) is 6.45. The standard InChI is InChI=1S/C15H19Cl2N3O/c16-11-1-2-14(17)13(9-11)15(21)20-6-3-12(10-20)19-7-4-18-5-8-19/h1-2,9,12,18H,3-8,10H2. The molecule has 2 aliphatic rings. The average molecular weight is 328 g/mol. The van der Waals surface area contributed by atoms with Gasteiger partial charge in [-0.05, 0) is 24.6 Å². The number of rotatable bonds is 2. The van der Waals surface area contributed by atoms with Crippen molar-refractivity contribution >= 4 is 29.1 Å². The van der Waals surface area contributed by atoms with Crippen LogP contribution in [-0.2, 0) is 0 Å². The topological polar surface area (TPSA) is 35.6 Å². The van der Waals surface area contributed by atoms with E-state index in [0.29, 0.717) is 21.7 Å². The van der Waals surface area contributed by atoms with Crippen molar-refractivity contribution in [2.45, 2.75) is 12.5 Å². The van der Waals surface area contributed by atoms with Crippen molar-refractivity contribution in [3.8, 4) is 0 Å². The number of piperazine rings is 1. The van der Waals surface area contributed by atoms with Crippen molar-refractivity contribution in [1.29, 1.82) is 0 Å². The minimum Gasteiger partial charge on any atom is -0.337 e. The molecule has 1 amide bonds. The molecule has 0 saturated carbocycles. The van der Waals surface area contributed by atoms with Crippen LogP contribution in [0.25, 0.3) is 0 Å². The number of nitrogens with zero attached hydrogens (tertiary/aromatic N) is 2. The van der Waals surface area contributed by atoms with Crippen molar-refractivity contribution < 1.29 is 4.79 Å². The van der Waals surface area contributed by atoms with Crippen LogP contribution in [0.1, 0.15) is 16.8 Å². The van der Waals surface area contributed by atoms with Gasteiger partial charge in [-0.25, -0.2) is 0 Å². The number of halogens is 2. The minimum atomic E-state index is -0.0138. The van der Waals surface area contributed by atoms with E-state index in [-0.39, 0.29) is 5.91 Å². The van der Waals surface area contributed by atoms with Crippen molar-refractivity contribution in [1.82, 2.24) is 15.1 Å². The van der Waals surface area contributed by atoms with Gasteiger partial charge in [-0.15, -0.1) is 0 Å². The molecule has 4 nitrogen and oxygen atoms in total. The second kappa shape index (κ2) is 6.53. The largest absolute Gasteiger partial charge is 0.337 e. The van der Waals surface area contributed by atoms with E-state index >= 15 is 0 Å². The minimum absolute atomic E-state index is 0.0138. The Morgan fingerprint density at radius 2 is 1.95 bits per heavy atom. The lowest BCUT2D eigenvalue weighted by Gasteiger charge is -2.32. The summed E-state index contributed by atoms with van der Waals surface area (Å²) < 4.78 is 0. The maximum Gasteiger partial charge on any atom is 0.255 e. The highest BCUT2D eigenvalue weighted by Crippen LogP contribution is 2.25. The van der Waals surface area contributed by atoms with Gasteiger partial charge in [0.15, 0.2) is 0 Å². The number of benzene rings is 1. The molecule has 0 spiro atoms. The van der Waals surface area contributed by atoms with Crippen molar-refractivity contribution in [2.24, 2.45) is 0 Å². The van der Waals surface area contributed by atoms with Crippen LogP contribution in [0.3, 0.4) is 0 Å². The van der Waals surface area contributed by atoms with Crippen molar-refractivity contribution in [2.75, 3.05) is 39.3 Å². The molecule has 0 radical (unpaired) electrons. The Labute approximate surface area is 135 Å². The molecule has 0 aromatic heterocycles. The van der Waals surface area contributed by atoms with Crippen LogP contribution in [0.4, 0.5) is 0 Å². The Morgan fingerprint density at radius 1 is 1.19 bits per heavy atom. The lowest BCUT2D eigenvalue weighted by atomic mass is 10.2. The SMILES string of the molecule is O=C(c1cc(Cl)ccc1Cl)N1CCC(N2CCNCC2)C1. The molecule has 2 fully saturated rings. The van der Waals surface area contributed by atoms with Gasteiger partial charge in [0.1, 0.15) is 0 Å². The van der Waals surface area contributed by atoms with Gasteiger partial charge in [0.05, 0.1) is 10.6 Å². The van der Waals surface area contributed by atoms with Crippen LogP contribution in [-0.4, -0.2) is 61.0 Å². The molecule has 21 heavy (non-hydrogen) atoms. The van der Waals surface area contributed by atoms with Gasteiger partial charge in [0, 0.05) is 50.3 Å². The highest BCUT2D eigenvalue weighted by atomic mass is 35.5.